The van der Waals surface area contributed by atoms with Gasteiger partial charge in [-0.1, -0.05) is 6.07 Å². The average Bonchev–Trinajstić information content (AvgIpc) is 3.57. The predicted octanol–water partition coefficient (Wildman–Crippen LogP) is 2.82. The second-order valence-electron chi connectivity index (χ2n) is 7.09. The molecule has 4 aromatic rings. The highest BCUT2D eigenvalue weighted by Crippen LogP contribution is 2.40. The second kappa shape index (κ2) is 10.2. The van der Waals surface area contributed by atoms with Crippen LogP contribution in [0.1, 0.15) is 10.5 Å². The van der Waals surface area contributed by atoms with E-state index in [-0.39, 0.29) is 30.2 Å². The quantitative estimate of drug-likeness (QED) is 0.377. The van der Waals surface area contributed by atoms with Gasteiger partial charge in [-0.15, -0.1) is 11.3 Å². The molecular formula is C23H23N5O5S. The summed E-state index contributed by atoms with van der Waals surface area (Å²) in [6.45, 7) is 0.454. The number of H-pyrrole nitrogens is 1. The standard InChI is InChI=1S/C23H23N5O5S/c1-31-18-11-14(12-19(32-2)22(18)33-3)16-13-17(26-25-16)23(30)24-8-9-28-21(29)7-6-15(27-28)20-5-4-10-34-20/h4-7,10-13H,8-9H2,1-3H3,(H,24,30)(H,25,26). The molecule has 1 aromatic carbocycles. The summed E-state index contributed by atoms with van der Waals surface area (Å²) in [5.41, 5.74) is 1.97. The van der Waals surface area contributed by atoms with Gasteiger partial charge in [-0.05, 0) is 35.7 Å². The summed E-state index contributed by atoms with van der Waals surface area (Å²) in [4.78, 5) is 25.7. The van der Waals surface area contributed by atoms with Crippen molar-refractivity contribution in [2.45, 2.75) is 6.54 Å². The first kappa shape index (κ1) is 23.1. The maximum Gasteiger partial charge on any atom is 0.269 e. The van der Waals surface area contributed by atoms with Crippen LogP contribution in [0.4, 0.5) is 0 Å². The first-order valence-corrected chi connectivity index (χ1v) is 11.2. The second-order valence-corrected chi connectivity index (χ2v) is 8.04. The number of nitrogens with zero attached hydrogens (tertiary/aromatic N) is 3. The molecule has 4 rings (SSSR count). The lowest BCUT2D eigenvalue weighted by molar-refractivity contribution is 0.0946. The van der Waals surface area contributed by atoms with Crippen LogP contribution in [0, 0.1) is 0 Å². The summed E-state index contributed by atoms with van der Waals surface area (Å²) < 4.78 is 17.4. The first-order chi connectivity index (χ1) is 16.5. The van der Waals surface area contributed by atoms with Gasteiger partial charge < -0.3 is 19.5 Å². The average molecular weight is 482 g/mol. The largest absolute Gasteiger partial charge is 0.493 e. The number of aromatic amines is 1. The van der Waals surface area contributed by atoms with Crippen molar-refractivity contribution in [2.24, 2.45) is 0 Å². The molecule has 1 amide bonds. The highest BCUT2D eigenvalue weighted by molar-refractivity contribution is 7.13. The molecule has 0 fully saturated rings. The number of methoxy groups -OCH3 is 3. The highest BCUT2D eigenvalue weighted by atomic mass is 32.1. The molecule has 0 aliphatic carbocycles. The van der Waals surface area contributed by atoms with Crippen molar-refractivity contribution < 1.29 is 19.0 Å². The summed E-state index contributed by atoms with van der Waals surface area (Å²) in [5.74, 6) is 1.07. The SMILES string of the molecule is COc1cc(-c2cc(C(=O)NCCn3nc(-c4cccs4)ccc3=O)[nH]n2)cc(OC)c1OC. The van der Waals surface area contributed by atoms with Gasteiger partial charge in [0, 0.05) is 18.2 Å². The lowest BCUT2D eigenvalue weighted by Crippen LogP contribution is -2.32. The summed E-state index contributed by atoms with van der Waals surface area (Å²) in [7, 11) is 4.58. The third kappa shape index (κ3) is 4.79. The lowest BCUT2D eigenvalue weighted by Gasteiger charge is -2.13. The van der Waals surface area contributed by atoms with E-state index in [4.69, 9.17) is 14.2 Å². The van der Waals surface area contributed by atoms with Crippen LogP contribution >= 0.6 is 11.3 Å². The Morgan fingerprint density at radius 2 is 1.82 bits per heavy atom. The summed E-state index contributed by atoms with van der Waals surface area (Å²) >= 11 is 1.54. The molecule has 0 radical (unpaired) electrons. The first-order valence-electron chi connectivity index (χ1n) is 10.3. The molecular weight excluding hydrogens is 458 g/mol. The fourth-order valence-corrected chi connectivity index (χ4v) is 4.04. The van der Waals surface area contributed by atoms with E-state index in [1.807, 2.05) is 17.5 Å². The zero-order valence-electron chi connectivity index (χ0n) is 18.8. The van der Waals surface area contributed by atoms with Crippen LogP contribution in [0.25, 0.3) is 21.8 Å². The number of rotatable bonds is 9. The van der Waals surface area contributed by atoms with Gasteiger partial charge in [-0.3, -0.25) is 14.7 Å². The Morgan fingerprint density at radius 1 is 1.06 bits per heavy atom. The van der Waals surface area contributed by atoms with Gasteiger partial charge in [-0.25, -0.2) is 4.68 Å². The van der Waals surface area contributed by atoms with Crippen molar-refractivity contribution in [2.75, 3.05) is 27.9 Å². The van der Waals surface area contributed by atoms with Crippen LogP contribution in [0.5, 0.6) is 17.2 Å². The Balaban J connectivity index is 1.44. The van der Waals surface area contributed by atoms with E-state index in [1.54, 1.807) is 35.6 Å². The van der Waals surface area contributed by atoms with Crippen molar-refractivity contribution in [1.82, 2.24) is 25.3 Å². The van der Waals surface area contributed by atoms with Gasteiger partial charge in [0.25, 0.3) is 11.5 Å². The van der Waals surface area contributed by atoms with E-state index in [9.17, 15) is 9.59 Å². The number of thiophene rings is 1. The van der Waals surface area contributed by atoms with Gasteiger partial charge in [0.2, 0.25) is 5.75 Å². The zero-order valence-corrected chi connectivity index (χ0v) is 19.6. The highest BCUT2D eigenvalue weighted by Gasteiger charge is 2.17. The van der Waals surface area contributed by atoms with Crippen LogP contribution in [0.15, 0.2) is 52.6 Å². The summed E-state index contributed by atoms with van der Waals surface area (Å²) in [5, 5.41) is 16.1. The molecule has 0 atom stereocenters. The van der Waals surface area contributed by atoms with Gasteiger partial charge in [0.1, 0.15) is 11.4 Å². The fraction of sp³-hybridized carbons (Fsp3) is 0.217. The molecule has 3 aromatic heterocycles. The van der Waals surface area contributed by atoms with Gasteiger partial charge in [0.05, 0.1) is 38.4 Å². The van der Waals surface area contributed by atoms with Crippen LogP contribution in [0.2, 0.25) is 0 Å². The maximum absolute atomic E-state index is 12.6. The number of benzene rings is 1. The zero-order chi connectivity index (χ0) is 24.1. The molecule has 3 heterocycles. The molecule has 0 aliphatic heterocycles. The molecule has 11 heteroatoms. The Hall–Kier alpha value is -4.12. The molecule has 0 bridgehead atoms. The van der Waals surface area contributed by atoms with Crippen molar-refractivity contribution >= 4 is 17.2 Å². The Kier molecular flexibility index (Phi) is 6.93. The smallest absolute Gasteiger partial charge is 0.269 e. The van der Waals surface area contributed by atoms with E-state index in [1.165, 1.54) is 32.1 Å². The topological polar surface area (TPSA) is 120 Å². The van der Waals surface area contributed by atoms with Crippen LogP contribution < -0.4 is 25.1 Å². The number of hydrogen-bond donors (Lipinski definition) is 2. The molecule has 176 valence electrons. The molecule has 2 N–H and O–H groups in total. The number of aromatic nitrogens is 4. The van der Waals surface area contributed by atoms with Crippen molar-refractivity contribution in [3.8, 4) is 39.1 Å². The van der Waals surface area contributed by atoms with E-state index >= 15 is 0 Å². The lowest BCUT2D eigenvalue weighted by atomic mass is 10.1. The van der Waals surface area contributed by atoms with E-state index in [0.29, 0.717) is 34.2 Å². The number of carbonyl (C=O) groups excluding carboxylic acids is 1. The molecule has 0 saturated heterocycles. The number of carbonyl (C=O) groups is 1. The number of hydrogen-bond acceptors (Lipinski definition) is 8. The normalized spacial score (nSPS) is 10.7. The van der Waals surface area contributed by atoms with E-state index in [0.717, 1.165) is 4.88 Å². The van der Waals surface area contributed by atoms with Gasteiger partial charge >= 0.3 is 0 Å². The molecule has 34 heavy (non-hydrogen) atoms. The van der Waals surface area contributed by atoms with E-state index < -0.39 is 0 Å². The monoisotopic (exact) mass is 481 g/mol. The third-order valence-electron chi connectivity index (χ3n) is 5.03. The third-order valence-corrected chi connectivity index (χ3v) is 5.92. The Morgan fingerprint density at radius 3 is 2.47 bits per heavy atom. The van der Waals surface area contributed by atoms with Crippen LogP contribution in [-0.4, -0.2) is 53.8 Å². The molecule has 0 aliphatic rings. The minimum atomic E-state index is -0.353. The van der Waals surface area contributed by atoms with Crippen LogP contribution in [0.3, 0.4) is 0 Å². The van der Waals surface area contributed by atoms with Crippen molar-refractivity contribution in [1.29, 1.82) is 0 Å². The number of ether oxygens (including phenoxy) is 3. The Bertz CT molecular complexity index is 1320. The van der Waals surface area contributed by atoms with Crippen LogP contribution in [-0.2, 0) is 6.54 Å². The molecule has 0 saturated carbocycles. The predicted molar refractivity (Wildman–Crippen MR) is 128 cm³/mol. The molecule has 0 spiro atoms. The fourth-order valence-electron chi connectivity index (χ4n) is 3.35. The molecule has 0 unspecified atom stereocenters. The summed E-state index contributed by atoms with van der Waals surface area (Å²) in [6.07, 6.45) is 0. The number of nitrogens with one attached hydrogen (secondary N) is 2. The van der Waals surface area contributed by atoms with Gasteiger partial charge in [-0.2, -0.15) is 10.2 Å². The minimum absolute atomic E-state index is 0.220. The van der Waals surface area contributed by atoms with Crippen molar-refractivity contribution in [3.63, 3.8) is 0 Å². The van der Waals surface area contributed by atoms with Gasteiger partial charge in [0.15, 0.2) is 11.5 Å². The number of amides is 1. The van der Waals surface area contributed by atoms with Crippen molar-refractivity contribution in [3.05, 3.63) is 63.9 Å². The Labute approximate surface area is 199 Å². The molecule has 10 nitrogen and oxygen atoms in total. The van der Waals surface area contributed by atoms with E-state index in [2.05, 4.69) is 20.6 Å². The maximum atomic E-state index is 12.6. The summed E-state index contributed by atoms with van der Waals surface area (Å²) in [6, 6.07) is 12.1. The minimum Gasteiger partial charge on any atom is -0.493 e.